The Labute approximate surface area is 190 Å². The Morgan fingerprint density at radius 3 is 2.14 bits per heavy atom. The highest BCUT2D eigenvalue weighted by atomic mass is 19.4. The quantitative estimate of drug-likeness (QED) is 0.499. The van der Waals surface area contributed by atoms with Gasteiger partial charge in [0, 0.05) is 30.2 Å². The Kier molecular flexibility index (Phi) is 6.86. The first-order chi connectivity index (χ1) is 16.1. The van der Waals surface area contributed by atoms with Crippen LogP contribution in [0.1, 0.15) is 40.3 Å². The molecular formula is C19H15F9N6O. The third-order valence-electron chi connectivity index (χ3n) is 4.77. The third kappa shape index (κ3) is 6.10. The lowest BCUT2D eigenvalue weighted by Crippen LogP contribution is -2.19. The van der Waals surface area contributed by atoms with Crippen LogP contribution in [0.5, 0.6) is 0 Å². The van der Waals surface area contributed by atoms with Crippen LogP contribution < -0.4 is 5.73 Å². The van der Waals surface area contributed by atoms with Crippen molar-refractivity contribution >= 4 is 5.91 Å². The second-order valence-corrected chi connectivity index (χ2v) is 7.29. The number of carbonyl (C=O) groups excluding carboxylic acids is 1. The summed E-state index contributed by atoms with van der Waals surface area (Å²) in [5, 5.41) is 6.61. The van der Waals surface area contributed by atoms with Gasteiger partial charge in [-0.25, -0.2) is 0 Å². The molecule has 0 spiro atoms. The molecule has 190 valence electrons. The molecule has 7 nitrogen and oxygen atoms in total. The van der Waals surface area contributed by atoms with Gasteiger partial charge in [0.1, 0.15) is 5.69 Å². The molecule has 0 atom stereocenters. The van der Waals surface area contributed by atoms with E-state index in [-0.39, 0.29) is 6.20 Å². The van der Waals surface area contributed by atoms with E-state index in [1.165, 1.54) is 6.20 Å². The number of hydrogen-bond acceptors (Lipinski definition) is 4. The molecule has 0 unspecified atom stereocenters. The van der Waals surface area contributed by atoms with Crippen molar-refractivity contribution < 1.29 is 44.3 Å². The van der Waals surface area contributed by atoms with Crippen LogP contribution in [0.15, 0.2) is 30.6 Å². The molecule has 0 saturated carbocycles. The number of nitrogens with zero attached hydrogens (tertiary/aromatic N) is 5. The van der Waals surface area contributed by atoms with Crippen molar-refractivity contribution in [3.63, 3.8) is 0 Å². The highest BCUT2D eigenvalue weighted by Crippen LogP contribution is 2.33. The molecular weight excluding hydrogens is 499 g/mol. The van der Waals surface area contributed by atoms with Crippen LogP contribution in [0.25, 0.3) is 11.3 Å². The van der Waals surface area contributed by atoms with E-state index in [0.29, 0.717) is 11.3 Å². The zero-order valence-corrected chi connectivity index (χ0v) is 17.3. The summed E-state index contributed by atoms with van der Waals surface area (Å²) < 4.78 is 111. The molecule has 0 radical (unpaired) electrons. The molecule has 35 heavy (non-hydrogen) atoms. The lowest BCUT2D eigenvalue weighted by atomic mass is 10.1. The molecule has 0 aliphatic carbocycles. The second kappa shape index (κ2) is 9.22. The van der Waals surface area contributed by atoms with Gasteiger partial charge in [-0.2, -0.15) is 41.2 Å². The molecule has 0 aromatic carbocycles. The Hall–Kier alpha value is -3.59. The van der Waals surface area contributed by atoms with Gasteiger partial charge in [0.25, 0.3) is 5.91 Å². The molecule has 3 aromatic heterocycles. The third-order valence-corrected chi connectivity index (χ3v) is 4.77. The lowest BCUT2D eigenvalue weighted by molar-refractivity contribution is -0.214. The molecule has 1 aliphatic rings. The topological polar surface area (TPSA) is 91.6 Å². The monoisotopic (exact) mass is 514 g/mol. The van der Waals surface area contributed by atoms with E-state index in [1.54, 1.807) is 6.07 Å². The van der Waals surface area contributed by atoms with Gasteiger partial charge in [0.15, 0.2) is 5.69 Å². The fourth-order valence-electron chi connectivity index (χ4n) is 3.20. The van der Waals surface area contributed by atoms with E-state index in [2.05, 4.69) is 20.9 Å². The molecule has 0 fully saturated rings. The average molecular weight is 514 g/mol. The standard InChI is InChI=1S/C13H12F3N3.C6H3F6N3O/c14-13(15,16)12-7-9(4-5-17-12)11-8-10-3-1-2-6-19(10)18-11;7-5(8,9)3-2(4(13)16)1-15(14-3)6(10,11)12/h4-5,7-8H,1-3,6H2;1H,(H2,13,16). The van der Waals surface area contributed by atoms with E-state index in [4.69, 9.17) is 0 Å². The fraction of sp³-hybridized carbons (Fsp3) is 0.368. The predicted octanol–water partition coefficient (Wildman–Crippen LogP) is 4.78. The van der Waals surface area contributed by atoms with Crippen molar-refractivity contribution in [2.45, 2.75) is 44.5 Å². The number of primary amides is 1. The van der Waals surface area contributed by atoms with Crippen LogP contribution in [-0.4, -0.2) is 30.5 Å². The normalized spacial score (nSPS) is 14.2. The van der Waals surface area contributed by atoms with Gasteiger partial charge >= 0.3 is 18.7 Å². The number of rotatable bonds is 2. The van der Waals surface area contributed by atoms with Crippen LogP contribution in [0.3, 0.4) is 0 Å². The summed E-state index contributed by atoms with van der Waals surface area (Å²) >= 11 is 0. The lowest BCUT2D eigenvalue weighted by Gasteiger charge is -2.11. The van der Waals surface area contributed by atoms with Crippen molar-refractivity contribution in [2.75, 3.05) is 0 Å². The molecule has 4 heterocycles. The largest absolute Gasteiger partial charge is 0.504 e. The van der Waals surface area contributed by atoms with Crippen LogP contribution in [0, 0.1) is 0 Å². The highest BCUT2D eigenvalue weighted by molar-refractivity contribution is 5.93. The summed E-state index contributed by atoms with van der Waals surface area (Å²) in [7, 11) is 0. The van der Waals surface area contributed by atoms with Crippen LogP contribution in [0.4, 0.5) is 39.5 Å². The molecule has 3 aromatic rings. The number of alkyl halides is 9. The molecule has 2 N–H and O–H groups in total. The van der Waals surface area contributed by atoms with Gasteiger partial charge in [-0.1, -0.05) is 0 Å². The van der Waals surface area contributed by atoms with E-state index < -0.39 is 46.2 Å². The number of amides is 1. The second-order valence-electron chi connectivity index (χ2n) is 7.29. The van der Waals surface area contributed by atoms with Gasteiger partial charge in [-0.3, -0.25) is 14.5 Å². The minimum Gasteiger partial charge on any atom is -0.365 e. The number of pyridine rings is 1. The van der Waals surface area contributed by atoms with E-state index in [0.717, 1.165) is 37.6 Å². The first kappa shape index (κ1) is 26.0. The Morgan fingerprint density at radius 2 is 1.63 bits per heavy atom. The number of aryl methyl sites for hydroxylation is 2. The van der Waals surface area contributed by atoms with Crippen molar-refractivity contribution in [1.29, 1.82) is 0 Å². The summed E-state index contributed by atoms with van der Waals surface area (Å²) in [4.78, 5) is 13.9. The number of aromatic nitrogens is 5. The summed E-state index contributed by atoms with van der Waals surface area (Å²) in [6.45, 7) is 0.840. The molecule has 0 saturated heterocycles. The number of hydrogen-bond donors (Lipinski definition) is 1. The van der Waals surface area contributed by atoms with Crippen LogP contribution in [0.2, 0.25) is 0 Å². The van der Waals surface area contributed by atoms with Gasteiger partial charge in [0.05, 0.1) is 11.3 Å². The van der Waals surface area contributed by atoms with Gasteiger partial charge in [-0.05, 0) is 37.5 Å². The first-order valence-corrected chi connectivity index (χ1v) is 9.71. The molecule has 16 heteroatoms. The summed E-state index contributed by atoms with van der Waals surface area (Å²) in [6.07, 6.45) is -10.6. The molecule has 0 bridgehead atoms. The maximum Gasteiger partial charge on any atom is 0.504 e. The highest BCUT2D eigenvalue weighted by Gasteiger charge is 2.42. The van der Waals surface area contributed by atoms with Crippen molar-refractivity contribution in [2.24, 2.45) is 5.73 Å². The van der Waals surface area contributed by atoms with E-state index in [1.807, 2.05) is 10.7 Å². The maximum atomic E-state index is 12.6. The SMILES string of the molecule is FC(F)(F)c1cc(-c2cc3n(n2)CCCC3)ccn1.NC(=O)c1cn(C(F)(F)F)nc1C(F)(F)F. The van der Waals surface area contributed by atoms with Crippen LogP contribution in [-0.2, 0) is 31.6 Å². The summed E-state index contributed by atoms with van der Waals surface area (Å²) in [6, 6.07) is 4.48. The number of nitrogens with two attached hydrogens (primary N) is 1. The van der Waals surface area contributed by atoms with Gasteiger partial charge < -0.3 is 5.73 Å². The van der Waals surface area contributed by atoms with Crippen LogP contribution >= 0.6 is 0 Å². The van der Waals surface area contributed by atoms with E-state index in [9.17, 15) is 44.3 Å². The number of fused-ring (bicyclic) bond motifs is 1. The molecule has 4 rings (SSSR count). The average Bonchev–Trinajstić information content (AvgIpc) is 3.38. The van der Waals surface area contributed by atoms with Crippen molar-refractivity contribution in [3.8, 4) is 11.3 Å². The van der Waals surface area contributed by atoms with Crippen molar-refractivity contribution in [1.82, 2.24) is 24.5 Å². The predicted molar refractivity (Wildman–Crippen MR) is 100 cm³/mol. The zero-order chi connectivity index (χ0) is 26.2. The Balaban J connectivity index is 0.000000199. The molecule has 1 aliphatic heterocycles. The number of carbonyl (C=O) groups is 1. The zero-order valence-electron chi connectivity index (χ0n) is 17.3. The number of halogens is 9. The fourth-order valence-corrected chi connectivity index (χ4v) is 3.20. The minimum atomic E-state index is -5.18. The van der Waals surface area contributed by atoms with Gasteiger partial charge in [-0.15, -0.1) is 13.2 Å². The smallest absolute Gasteiger partial charge is 0.365 e. The Morgan fingerprint density at radius 1 is 0.943 bits per heavy atom. The first-order valence-electron chi connectivity index (χ1n) is 9.71. The molecule has 1 amide bonds. The maximum absolute atomic E-state index is 12.6. The summed E-state index contributed by atoms with van der Waals surface area (Å²) in [5.74, 6) is -1.64. The van der Waals surface area contributed by atoms with E-state index >= 15 is 0 Å². The Bertz CT molecular complexity index is 1180. The summed E-state index contributed by atoms with van der Waals surface area (Å²) in [5.41, 5.74) is 2.48. The van der Waals surface area contributed by atoms with Gasteiger partial charge in [0.2, 0.25) is 0 Å². The van der Waals surface area contributed by atoms with Crippen molar-refractivity contribution in [3.05, 3.63) is 53.2 Å². The minimum absolute atomic E-state index is 0.106.